The molecule has 0 N–H and O–H groups in total. The summed E-state index contributed by atoms with van der Waals surface area (Å²) >= 11 is 0. The van der Waals surface area contributed by atoms with Crippen molar-refractivity contribution >= 4 is 14.8 Å². The molecule has 0 aromatic carbocycles. The van der Waals surface area contributed by atoms with Gasteiger partial charge in [-0.25, -0.2) is 4.79 Å². The summed E-state index contributed by atoms with van der Waals surface area (Å²) in [5.41, 5.74) is 0. The molecule has 0 fully saturated rings. The quantitative estimate of drug-likeness (QED) is 0.136. The molecule has 0 saturated carbocycles. The molecule has 0 saturated heterocycles. The Morgan fingerprint density at radius 3 is 1.59 bits per heavy atom. The van der Waals surface area contributed by atoms with E-state index in [4.69, 9.17) is 18.0 Å². The zero-order valence-corrected chi connectivity index (χ0v) is 19.4. The minimum atomic E-state index is -2.64. The number of ether oxygens (including phenoxy) is 1. The smallest absolute Gasteiger partial charge is 0.463 e. The van der Waals surface area contributed by atoms with Gasteiger partial charge in [0.25, 0.3) is 0 Å². The summed E-state index contributed by atoms with van der Waals surface area (Å²) in [6.07, 6.45) is 9.31. The van der Waals surface area contributed by atoms with Crippen LogP contribution in [0.3, 0.4) is 0 Å². The molecule has 27 heavy (non-hydrogen) atoms. The second kappa shape index (κ2) is 15.3. The van der Waals surface area contributed by atoms with E-state index in [2.05, 4.69) is 6.58 Å². The van der Waals surface area contributed by atoms with Gasteiger partial charge in [-0.1, -0.05) is 38.7 Å². The SMILES string of the molecule is C=CC(=O)OCCCCCCCCC[Si](OC(C)C)(OC(C)C)OC(C)C. The van der Waals surface area contributed by atoms with E-state index in [1.165, 1.54) is 25.3 Å². The van der Waals surface area contributed by atoms with Crippen LogP contribution in [-0.4, -0.2) is 39.7 Å². The van der Waals surface area contributed by atoms with Crippen molar-refractivity contribution in [3.63, 3.8) is 0 Å². The summed E-state index contributed by atoms with van der Waals surface area (Å²) in [6.45, 7) is 16.1. The van der Waals surface area contributed by atoms with Gasteiger partial charge in [0.1, 0.15) is 0 Å². The van der Waals surface area contributed by atoms with Crippen molar-refractivity contribution in [2.45, 2.75) is 111 Å². The van der Waals surface area contributed by atoms with E-state index in [9.17, 15) is 4.79 Å². The molecule has 0 aliphatic rings. The second-order valence-electron chi connectivity index (χ2n) is 7.78. The molecular formula is C21H42O5Si. The number of carbonyl (C=O) groups excluding carboxylic acids is 1. The highest BCUT2D eigenvalue weighted by atomic mass is 28.4. The first-order valence-corrected chi connectivity index (χ1v) is 12.5. The average Bonchev–Trinajstić information content (AvgIpc) is 2.54. The Balaban J connectivity index is 4.10. The summed E-state index contributed by atoms with van der Waals surface area (Å²) in [4.78, 5) is 10.9. The Kier molecular flexibility index (Phi) is 14.9. The highest BCUT2D eigenvalue weighted by Crippen LogP contribution is 2.25. The zero-order valence-electron chi connectivity index (χ0n) is 18.4. The number of hydrogen-bond acceptors (Lipinski definition) is 5. The van der Waals surface area contributed by atoms with Gasteiger partial charge in [-0.15, -0.1) is 0 Å². The van der Waals surface area contributed by atoms with Crippen LogP contribution in [0.25, 0.3) is 0 Å². The van der Waals surface area contributed by atoms with E-state index in [0.29, 0.717) is 6.61 Å². The van der Waals surface area contributed by atoms with Crippen LogP contribution in [0.4, 0.5) is 0 Å². The molecule has 0 heterocycles. The molecule has 0 unspecified atom stereocenters. The van der Waals surface area contributed by atoms with Crippen molar-refractivity contribution in [1.29, 1.82) is 0 Å². The predicted octanol–water partition coefficient (Wildman–Crippen LogP) is 5.66. The van der Waals surface area contributed by atoms with Crippen LogP contribution >= 0.6 is 0 Å². The van der Waals surface area contributed by atoms with Gasteiger partial charge >= 0.3 is 14.8 Å². The van der Waals surface area contributed by atoms with Crippen molar-refractivity contribution in [2.75, 3.05) is 6.61 Å². The van der Waals surface area contributed by atoms with E-state index in [0.717, 1.165) is 31.7 Å². The van der Waals surface area contributed by atoms with E-state index in [1.54, 1.807) is 0 Å². The van der Waals surface area contributed by atoms with Gasteiger partial charge in [0, 0.05) is 30.4 Å². The van der Waals surface area contributed by atoms with Crippen LogP contribution in [0.1, 0.15) is 86.5 Å². The fraction of sp³-hybridized carbons (Fsp3) is 0.857. The highest BCUT2D eigenvalue weighted by molar-refractivity contribution is 6.60. The van der Waals surface area contributed by atoms with Crippen LogP contribution in [-0.2, 0) is 22.8 Å². The number of unbranched alkanes of at least 4 members (excludes halogenated alkanes) is 6. The molecule has 5 nitrogen and oxygen atoms in total. The fourth-order valence-electron chi connectivity index (χ4n) is 2.90. The third-order valence-electron chi connectivity index (χ3n) is 3.78. The Labute approximate surface area is 168 Å². The summed E-state index contributed by atoms with van der Waals surface area (Å²) in [6, 6.07) is 0.874. The molecule has 0 radical (unpaired) electrons. The van der Waals surface area contributed by atoms with Gasteiger partial charge in [0.2, 0.25) is 0 Å². The fourth-order valence-corrected chi connectivity index (χ4v) is 6.25. The topological polar surface area (TPSA) is 54.0 Å². The first-order valence-electron chi connectivity index (χ1n) is 10.5. The standard InChI is InChI=1S/C21H42O5Si/c1-8-21(22)23-16-14-12-10-9-11-13-15-17-27(24-18(2)3,25-19(4)5)26-20(6)7/h8,18-20H,1,9-17H2,2-7H3. The molecule has 0 amide bonds. The maximum absolute atomic E-state index is 10.9. The van der Waals surface area contributed by atoms with Gasteiger partial charge in [-0.2, -0.15) is 0 Å². The van der Waals surface area contributed by atoms with Crippen molar-refractivity contribution < 1.29 is 22.8 Å². The monoisotopic (exact) mass is 402 g/mol. The van der Waals surface area contributed by atoms with E-state index in [-0.39, 0.29) is 24.3 Å². The normalized spacial score (nSPS) is 12.2. The van der Waals surface area contributed by atoms with Crippen LogP contribution in [0.5, 0.6) is 0 Å². The molecule has 0 spiro atoms. The Morgan fingerprint density at radius 2 is 1.19 bits per heavy atom. The number of hydrogen-bond donors (Lipinski definition) is 0. The van der Waals surface area contributed by atoms with E-state index in [1.807, 2.05) is 41.5 Å². The number of carbonyl (C=O) groups is 1. The van der Waals surface area contributed by atoms with Crippen molar-refractivity contribution in [2.24, 2.45) is 0 Å². The summed E-state index contributed by atoms with van der Waals surface area (Å²) in [7, 11) is -2.64. The number of rotatable bonds is 17. The first-order chi connectivity index (χ1) is 12.7. The number of esters is 1. The molecule has 0 rings (SSSR count). The predicted molar refractivity (Wildman–Crippen MR) is 113 cm³/mol. The lowest BCUT2D eigenvalue weighted by atomic mass is 10.1. The molecule has 6 heteroatoms. The van der Waals surface area contributed by atoms with Crippen molar-refractivity contribution in [3.8, 4) is 0 Å². The Hall–Kier alpha value is -0.693. The molecule has 0 aromatic heterocycles. The molecular weight excluding hydrogens is 360 g/mol. The third-order valence-corrected chi connectivity index (χ3v) is 7.24. The molecule has 0 atom stereocenters. The minimum absolute atomic E-state index is 0.101. The van der Waals surface area contributed by atoms with Gasteiger partial charge in [-0.05, 0) is 54.4 Å². The van der Waals surface area contributed by atoms with Crippen molar-refractivity contribution in [1.82, 2.24) is 0 Å². The zero-order chi connectivity index (χ0) is 20.7. The Morgan fingerprint density at radius 1 is 0.778 bits per heavy atom. The average molecular weight is 403 g/mol. The summed E-state index contributed by atoms with van der Waals surface area (Å²) in [5.74, 6) is -0.335. The highest BCUT2D eigenvalue weighted by Gasteiger charge is 2.43. The van der Waals surface area contributed by atoms with Crippen LogP contribution < -0.4 is 0 Å². The molecule has 0 bridgehead atoms. The molecule has 160 valence electrons. The lowest BCUT2D eigenvalue weighted by molar-refractivity contribution is -0.137. The lowest BCUT2D eigenvalue weighted by Gasteiger charge is -2.34. The first kappa shape index (κ1) is 26.3. The maximum Gasteiger partial charge on any atom is 0.501 e. The van der Waals surface area contributed by atoms with Gasteiger partial charge in [0.15, 0.2) is 0 Å². The summed E-state index contributed by atoms with van der Waals surface area (Å²) in [5, 5.41) is 0. The van der Waals surface area contributed by atoms with Gasteiger partial charge in [0.05, 0.1) is 6.61 Å². The minimum Gasteiger partial charge on any atom is -0.463 e. The van der Waals surface area contributed by atoms with E-state index >= 15 is 0 Å². The summed E-state index contributed by atoms with van der Waals surface area (Å²) < 4.78 is 23.6. The molecule has 0 aliphatic heterocycles. The van der Waals surface area contributed by atoms with Crippen LogP contribution in [0.15, 0.2) is 12.7 Å². The van der Waals surface area contributed by atoms with Crippen molar-refractivity contribution in [3.05, 3.63) is 12.7 Å². The Bertz CT molecular complexity index is 370. The molecule has 0 aliphatic carbocycles. The largest absolute Gasteiger partial charge is 0.501 e. The maximum atomic E-state index is 10.9. The second-order valence-corrected chi connectivity index (χ2v) is 10.4. The van der Waals surface area contributed by atoms with Crippen LogP contribution in [0.2, 0.25) is 6.04 Å². The lowest BCUT2D eigenvalue weighted by Crippen LogP contribution is -2.50. The third kappa shape index (κ3) is 15.0. The van der Waals surface area contributed by atoms with Crippen LogP contribution in [0, 0.1) is 0 Å². The van der Waals surface area contributed by atoms with E-state index < -0.39 is 8.80 Å². The molecule has 0 aromatic rings. The van der Waals surface area contributed by atoms with Gasteiger partial charge in [-0.3, -0.25) is 0 Å². The van der Waals surface area contributed by atoms with Gasteiger partial charge < -0.3 is 18.0 Å².